The molecule has 0 bridgehead atoms. The lowest BCUT2D eigenvalue weighted by Gasteiger charge is -2.26. The maximum atomic E-state index is 12.3. The summed E-state index contributed by atoms with van der Waals surface area (Å²) in [4.78, 5) is 14.2. The van der Waals surface area contributed by atoms with Gasteiger partial charge in [0.05, 0.1) is 18.2 Å². The molecule has 1 fully saturated rings. The summed E-state index contributed by atoms with van der Waals surface area (Å²) in [7, 11) is 0. The van der Waals surface area contributed by atoms with Crippen molar-refractivity contribution in [2.24, 2.45) is 0 Å². The summed E-state index contributed by atoms with van der Waals surface area (Å²) in [5.74, 6) is 2.25. The number of rotatable bonds is 9. The van der Waals surface area contributed by atoms with Crippen molar-refractivity contribution >= 4 is 29.3 Å². The van der Waals surface area contributed by atoms with Crippen molar-refractivity contribution in [2.45, 2.75) is 24.6 Å². The molecule has 0 radical (unpaired) electrons. The third-order valence-corrected chi connectivity index (χ3v) is 6.37. The molecule has 1 saturated heterocycles. The Kier molecular flexibility index (Phi) is 8.03. The van der Waals surface area contributed by atoms with Crippen LogP contribution in [-0.2, 0) is 16.1 Å². The summed E-state index contributed by atoms with van der Waals surface area (Å²) in [6.45, 7) is 2.85. The van der Waals surface area contributed by atoms with Crippen LogP contribution in [0.1, 0.15) is 18.7 Å². The summed E-state index contributed by atoms with van der Waals surface area (Å²) in [6.07, 6.45) is 1.29. The summed E-state index contributed by atoms with van der Waals surface area (Å²) in [5.41, 5.74) is 0.960. The van der Waals surface area contributed by atoms with E-state index in [1.165, 1.54) is 0 Å². The monoisotopic (exact) mass is 472 g/mol. The molecule has 1 aromatic heterocycles. The molecule has 0 aliphatic carbocycles. The van der Waals surface area contributed by atoms with Crippen LogP contribution in [0.2, 0.25) is 5.02 Å². The van der Waals surface area contributed by atoms with Crippen LogP contribution in [0, 0.1) is 0 Å². The van der Waals surface area contributed by atoms with Gasteiger partial charge < -0.3 is 14.4 Å². The molecule has 2 aromatic carbocycles. The molecule has 3 aromatic rings. The number of carbonyl (C=O) groups excluding carboxylic acids is 1. The van der Waals surface area contributed by atoms with Crippen LogP contribution in [0.5, 0.6) is 5.75 Å². The van der Waals surface area contributed by atoms with Crippen LogP contribution in [0.3, 0.4) is 0 Å². The highest BCUT2D eigenvalue weighted by molar-refractivity contribution is 7.99. The molecular weight excluding hydrogens is 448 g/mol. The van der Waals surface area contributed by atoms with Gasteiger partial charge in [-0.05, 0) is 30.7 Å². The van der Waals surface area contributed by atoms with E-state index in [1.54, 1.807) is 17.8 Å². The van der Waals surface area contributed by atoms with Gasteiger partial charge in [0.2, 0.25) is 5.91 Å². The summed E-state index contributed by atoms with van der Waals surface area (Å²) >= 11 is 7.80. The number of morpholine rings is 1. The van der Waals surface area contributed by atoms with E-state index in [9.17, 15) is 4.79 Å². The molecule has 0 N–H and O–H groups in total. The Bertz CT molecular complexity index is 1030. The zero-order valence-electron chi connectivity index (χ0n) is 17.7. The van der Waals surface area contributed by atoms with Crippen molar-refractivity contribution < 1.29 is 14.3 Å². The smallest absolute Gasteiger partial charge is 0.222 e. The fraction of sp³-hybridized carbons (Fsp3) is 0.348. The largest absolute Gasteiger partial charge is 0.484 e. The minimum absolute atomic E-state index is 0.187. The second kappa shape index (κ2) is 11.4. The van der Waals surface area contributed by atoms with Gasteiger partial charge in [0.1, 0.15) is 12.4 Å². The molecule has 2 heterocycles. The molecule has 0 atom stereocenters. The topological polar surface area (TPSA) is 69.5 Å². The lowest BCUT2D eigenvalue weighted by atomic mass is 10.3. The lowest BCUT2D eigenvalue weighted by Crippen LogP contribution is -2.40. The van der Waals surface area contributed by atoms with Gasteiger partial charge in [-0.3, -0.25) is 9.36 Å². The van der Waals surface area contributed by atoms with Crippen molar-refractivity contribution in [1.82, 2.24) is 19.7 Å². The van der Waals surface area contributed by atoms with E-state index < -0.39 is 0 Å². The van der Waals surface area contributed by atoms with E-state index in [1.807, 2.05) is 58.0 Å². The number of hydrogen-bond donors (Lipinski definition) is 0. The van der Waals surface area contributed by atoms with E-state index in [0.717, 1.165) is 23.0 Å². The molecule has 9 heteroatoms. The van der Waals surface area contributed by atoms with Crippen LogP contribution in [0.25, 0.3) is 5.69 Å². The maximum Gasteiger partial charge on any atom is 0.222 e. The highest BCUT2D eigenvalue weighted by Crippen LogP contribution is 2.26. The molecule has 1 aliphatic heterocycles. The molecule has 1 amide bonds. The summed E-state index contributed by atoms with van der Waals surface area (Å²) in [6, 6.07) is 17.3. The van der Waals surface area contributed by atoms with E-state index in [0.29, 0.717) is 49.3 Å². The number of hydrogen-bond acceptors (Lipinski definition) is 6. The number of benzene rings is 2. The highest BCUT2D eigenvalue weighted by atomic mass is 35.5. The van der Waals surface area contributed by atoms with E-state index in [2.05, 4.69) is 10.2 Å². The molecule has 168 valence electrons. The fourth-order valence-corrected chi connectivity index (χ4v) is 4.49. The lowest BCUT2D eigenvalue weighted by molar-refractivity contribution is -0.135. The van der Waals surface area contributed by atoms with Gasteiger partial charge in [0, 0.05) is 31.0 Å². The molecule has 0 unspecified atom stereocenters. The quantitative estimate of drug-likeness (QED) is 0.343. The predicted octanol–water partition coefficient (Wildman–Crippen LogP) is 4.23. The first-order valence-corrected chi connectivity index (χ1v) is 11.9. The molecule has 32 heavy (non-hydrogen) atoms. The standard InChI is InChI=1S/C23H25ClN4O3S/c24-19-9-4-5-10-20(19)31-17-21-25-26-23(28(21)18-7-2-1-3-8-18)32-16-6-11-22(29)27-12-14-30-15-13-27/h1-5,7-10H,6,11-17H2. The Balaban J connectivity index is 1.40. The SMILES string of the molecule is O=C(CCCSc1nnc(COc2ccccc2Cl)n1-c1ccccc1)N1CCOCC1. The third kappa shape index (κ3) is 5.82. The first-order valence-electron chi connectivity index (χ1n) is 10.6. The van der Waals surface area contributed by atoms with E-state index >= 15 is 0 Å². The molecule has 4 rings (SSSR count). The Morgan fingerprint density at radius 1 is 1.06 bits per heavy atom. The number of carbonyl (C=O) groups is 1. The number of aromatic nitrogens is 3. The molecule has 0 spiro atoms. The maximum absolute atomic E-state index is 12.3. The summed E-state index contributed by atoms with van der Waals surface area (Å²) in [5, 5.41) is 10.1. The van der Waals surface area contributed by atoms with Crippen LogP contribution in [-0.4, -0.2) is 57.6 Å². The van der Waals surface area contributed by atoms with Gasteiger partial charge in [-0.1, -0.05) is 53.7 Å². The van der Waals surface area contributed by atoms with Crippen molar-refractivity contribution in [2.75, 3.05) is 32.1 Å². The van der Waals surface area contributed by atoms with Crippen LogP contribution in [0.15, 0.2) is 59.8 Å². The summed E-state index contributed by atoms with van der Waals surface area (Å²) < 4.78 is 13.2. The van der Waals surface area contributed by atoms with Crippen molar-refractivity contribution in [1.29, 1.82) is 0 Å². The number of thioether (sulfide) groups is 1. The van der Waals surface area contributed by atoms with E-state index in [-0.39, 0.29) is 12.5 Å². The van der Waals surface area contributed by atoms with Crippen LogP contribution in [0.4, 0.5) is 0 Å². The number of amides is 1. The van der Waals surface area contributed by atoms with Crippen LogP contribution >= 0.6 is 23.4 Å². The second-order valence-electron chi connectivity index (χ2n) is 7.23. The Morgan fingerprint density at radius 2 is 1.81 bits per heavy atom. The first kappa shape index (κ1) is 22.6. The molecule has 7 nitrogen and oxygen atoms in total. The molecule has 1 aliphatic rings. The van der Waals surface area contributed by atoms with Crippen molar-refractivity contribution in [3.8, 4) is 11.4 Å². The average Bonchev–Trinajstić information content (AvgIpc) is 3.25. The Labute approximate surface area is 196 Å². The van der Waals surface area contributed by atoms with Gasteiger partial charge in [0.15, 0.2) is 11.0 Å². The Morgan fingerprint density at radius 3 is 2.59 bits per heavy atom. The third-order valence-electron chi connectivity index (χ3n) is 5.04. The van der Waals surface area contributed by atoms with Gasteiger partial charge in [-0.25, -0.2) is 0 Å². The van der Waals surface area contributed by atoms with E-state index in [4.69, 9.17) is 21.1 Å². The van der Waals surface area contributed by atoms with Crippen molar-refractivity contribution in [3.63, 3.8) is 0 Å². The molecule has 0 saturated carbocycles. The van der Waals surface area contributed by atoms with Gasteiger partial charge >= 0.3 is 0 Å². The first-order chi connectivity index (χ1) is 15.7. The number of ether oxygens (including phenoxy) is 2. The van der Waals surface area contributed by atoms with Gasteiger partial charge in [0.25, 0.3) is 0 Å². The molecular formula is C23H25ClN4O3S. The van der Waals surface area contributed by atoms with Crippen LogP contribution < -0.4 is 4.74 Å². The van der Waals surface area contributed by atoms with Gasteiger partial charge in [-0.2, -0.15) is 0 Å². The Hall–Kier alpha value is -2.55. The number of para-hydroxylation sites is 2. The fourth-order valence-electron chi connectivity index (χ4n) is 3.39. The van der Waals surface area contributed by atoms with Crippen molar-refractivity contribution in [3.05, 3.63) is 65.4 Å². The highest BCUT2D eigenvalue weighted by Gasteiger charge is 2.18. The minimum Gasteiger partial charge on any atom is -0.484 e. The minimum atomic E-state index is 0.187. The predicted molar refractivity (Wildman–Crippen MR) is 125 cm³/mol. The van der Waals surface area contributed by atoms with Gasteiger partial charge in [-0.15, -0.1) is 10.2 Å². The average molecular weight is 473 g/mol. The zero-order chi connectivity index (χ0) is 22.2. The number of halogens is 1. The number of nitrogens with zero attached hydrogens (tertiary/aromatic N) is 4. The normalized spacial score (nSPS) is 13.8. The zero-order valence-corrected chi connectivity index (χ0v) is 19.2. The second-order valence-corrected chi connectivity index (χ2v) is 8.70.